The summed E-state index contributed by atoms with van der Waals surface area (Å²) in [7, 11) is 1.64. The second-order valence-electron chi connectivity index (χ2n) is 5.97. The fraction of sp³-hybridized carbons (Fsp3) is 0.947. The highest BCUT2D eigenvalue weighted by atomic mass is 16.6. The number of hydrogen-bond acceptors (Lipinski definition) is 9. The molecule has 0 rings (SSSR count). The first-order valence-electron chi connectivity index (χ1n) is 10.2. The van der Waals surface area contributed by atoms with Gasteiger partial charge in [-0.3, -0.25) is 4.79 Å². The van der Waals surface area contributed by atoms with Gasteiger partial charge in [0.1, 0.15) is 0 Å². The molecule has 0 radical (unpaired) electrons. The summed E-state index contributed by atoms with van der Waals surface area (Å²) in [4.78, 5) is 11.4. The van der Waals surface area contributed by atoms with Gasteiger partial charge in [0.2, 0.25) is 5.91 Å². The lowest BCUT2D eigenvalue weighted by atomic mass is 10.2. The maximum absolute atomic E-state index is 11.4. The van der Waals surface area contributed by atoms with E-state index in [-0.39, 0.29) is 5.91 Å². The van der Waals surface area contributed by atoms with Crippen molar-refractivity contribution < 1.29 is 38.0 Å². The predicted octanol–water partition coefficient (Wildman–Crippen LogP) is -0.414. The van der Waals surface area contributed by atoms with Crippen molar-refractivity contribution in [2.75, 3.05) is 99.5 Å². The van der Waals surface area contributed by atoms with Crippen LogP contribution >= 0.6 is 0 Å². The first-order chi connectivity index (χ1) is 14.2. The molecule has 0 bridgehead atoms. The Balaban J connectivity index is 3.07. The number of hydrogen-bond donors (Lipinski definition) is 2. The minimum atomic E-state index is -0.450. The fourth-order valence-electron chi connectivity index (χ4n) is 1.91. The summed E-state index contributed by atoms with van der Waals surface area (Å²) in [6.45, 7) is 9.08. The summed E-state index contributed by atoms with van der Waals surface area (Å²) in [6, 6.07) is -0.450. The standard InChI is InChI=1S/C19H40N2O8/c1-3-18(20)19(22)21-4-5-24-8-9-26-12-13-28-16-17-29-15-14-27-11-10-25-7-6-23-2/h18H,3-17,20H2,1-2H3,(H,21,22)/t18-/m0/s1. The van der Waals surface area contributed by atoms with E-state index in [2.05, 4.69) is 5.32 Å². The van der Waals surface area contributed by atoms with Crippen molar-refractivity contribution in [2.45, 2.75) is 19.4 Å². The molecule has 3 N–H and O–H groups in total. The monoisotopic (exact) mass is 424 g/mol. The first kappa shape index (κ1) is 28.1. The van der Waals surface area contributed by atoms with Crippen LogP contribution in [0.15, 0.2) is 0 Å². The Morgan fingerprint density at radius 1 is 0.690 bits per heavy atom. The zero-order valence-electron chi connectivity index (χ0n) is 18.0. The van der Waals surface area contributed by atoms with Crippen molar-refractivity contribution in [1.82, 2.24) is 5.32 Å². The van der Waals surface area contributed by atoms with E-state index in [1.807, 2.05) is 6.92 Å². The molecule has 0 saturated heterocycles. The number of nitrogens with one attached hydrogen (secondary N) is 1. The molecule has 1 atom stereocenters. The Kier molecular flexibility index (Phi) is 22.7. The minimum Gasteiger partial charge on any atom is -0.382 e. The summed E-state index contributed by atoms with van der Waals surface area (Å²) < 4.78 is 37.0. The number of carbonyl (C=O) groups is 1. The molecule has 0 aliphatic carbocycles. The number of nitrogens with two attached hydrogens (primary N) is 1. The lowest BCUT2D eigenvalue weighted by molar-refractivity contribution is -0.122. The van der Waals surface area contributed by atoms with Crippen molar-refractivity contribution in [3.05, 3.63) is 0 Å². The van der Waals surface area contributed by atoms with E-state index in [9.17, 15) is 4.79 Å². The summed E-state index contributed by atoms with van der Waals surface area (Å²) >= 11 is 0. The molecule has 1 amide bonds. The zero-order valence-corrected chi connectivity index (χ0v) is 18.0. The fourth-order valence-corrected chi connectivity index (χ4v) is 1.91. The molecule has 10 nitrogen and oxygen atoms in total. The van der Waals surface area contributed by atoms with E-state index >= 15 is 0 Å². The number of rotatable bonds is 23. The largest absolute Gasteiger partial charge is 0.382 e. The maximum Gasteiger partial charge on any atom is 0.236 e. The Morgan fingerprint density at radius 2 is 1.03 bits per heavy atom. The van der Waals surface area contributed by atoms with Crippen LogP contribution in [0.25, 0.3) is 0 Å². The van der Waals surface area contributed by atoms with E-state index in [0.717, 1.165) is 0 Å². The molecule has 174 valence electrons. The topological polar surface area (TPSA) is 120 Å². The van der Waals surface area contributed by atoms with Crippen LogP contribution in [0, 0.1) is 0 Å². The molecule has 0 saturated carbocycles. The number of methoxy groups -OCH3 is 1. The average Bonchev–Trinajstić information content (AvgIpc) is 2.74. The smallest absolute Gasteiger partial charge is 0.236 e. The minimum absolute atomic E-state index is 0.149. The molecule has 0 aromatic heterocycles. The Labute approximate surface area is 174 Å². The predicted molar refractivity (Wildman–Crippen MR) is 108 cm³/mol. The van der Waals surface area contributed by atoms with Gasteiger partial charge < -0.3 is 44.2 Å². The molecule has 0 aliphatic heterocycles. The van der Waals surface area contributed by atoms with Crippen molar-refractivity contribution in [2.24, 2.45) is 5.73 Å². The van der Waals surface area contributed by atoms with Crippen LogP contribution in [-0.2, 0) is 38.0 Å². The SMILES string of the molecule is CC[C@H](N)C(=O)NCCOCCOCCOCCOCCOCCOCCOC. The molecule has 0 heterocycles. The summed E-state index contributed by atoms with van der Waals surface area (Å²) in [5, 5.41) is 2.71. The molecular weight excluding hydrogens is 384 g/mol. The second-order valence-corrected chi connectivity index (χ2v) is 5.97. The Morgan fingerprint density at radius 3 is 1.38 bits per heavy atom. The van der Waals surface area contributed by atoms with Crippen LogP contribution in [0.2, 0.25) is 0 Å². The van der Waals surface area contributed by atoms with Gasteiger partial charge in [-0.05, 0) is 6.42 Å². The van der Waals surface area contributed by atoms with Crippen LogP contribution in [0.5, 0.6) is 0 Å². The zero-order chi connectivity index (χ0) is 21.4. The average molecular weight is 425 g/mol. The van der Waals surface area contributed by atoms with Gasteiger partial charge in [-0.15, -0.1) is 0 Å². The summed E-state index contributed by atoms with van der Waals surface area (Å²) in [5.74, 6) is -0.149. The van der Waals surface area contributed by atoms with Gasteiger partial charge in [-0.1, -0.05) is 6.92 Å². The number of carbonyl (C=O) groups excluding carboxylic acids is 1. The van der Waals surface area contributed by atoms with Crippen molar-refractivity contribution in [3.63, 3.8) is 0 Å². The van der Waals surface area contributed by atoms with E-state index in [0.29, 0.717) is 98.9 Å². The molecule has 29 heavy (non-hydrogen) atoms. The number of amides is 1. The summed E-state index contributed by atoms with van der Waals surface area (Å²) in [5.41, 5.74) is 5.60. The van der Waals surface area contributed by atoms with Gasteiger partial charge in [0, 0.05) is 13.7 Å². The van der Waals surface area contributed by atoms with E-state index in [4.69, 9.17) is 38.9 Å². The van der Waals surface area contributed by atoms with E-state index < -0.39 is 6.04 Å². The van der Waals surface area contributed by atoms with Gasteiger partial charge in [-0.25, -0.2) is 0 Å². The molecule has 0 aliphatic rings. The lowest BCUT2D eigenvalue weighted by Gasteiger charge is -2.10. The molecule has 0 fully saturated rings. The third kappa shape index (κ3) is 21.7. The second kappa shape index (κ2) is 23.4. The lowest BCUT2D eigenvalue weighted by Crippen LogP contribution is -2.41. The highest BCUT2D eigenvalue weighted by Crippen LogP contribution is 1.86. The van der Waals surface area contributed by atoms with Crippen LogP contribution < -0.4 is 11.1 Å². The third-order valence-electron chi connectivity index (χ3n) is 3.61. The highest BCUT2D eigenvalue weighted by Gasteiger charge is 2.08. The third-order valence-corrected chi connectivity index (χ3v) is 3.61. The van der Waals surface area contributed by atoms with Gasteiger partial charge in [-0.2, -0.15) is 0 Å². The van der Waals surface area contributed by atoms with Crippen LogP contribution in [0.1, 0.15) is 13.3 Å². The van der Waals surface area contributed by atoms with E-state index in [1.165, 1.54) is 0 Å². The van der Waals surface area contributed by atoms with Gasteiger partial charge in [0.15, 0.2) is 0 Å². The van der Waals surface area contributed by atoms with Crippen molar-refractivity contribution in [3.8, 4) is 0 Å². The van der Waals surface area contributed by atoms with Crippen LogP contribution in [-0.4, -0.2) is 111 Å². The normalized spacial score (nSPS) is 12.2. The van der Waals surface area contributed by atoms with Crippen LogP contribution in [0.4, 0.5) is 0 Å². The molecular formula is C19H40N2O8. The molecule has 0 spiro atoms. The highest BCUT2D eigenvalue weighted by molar-refractivity contribution is 5.81. The summed E-state index contributed by atoms with van der Waals surface area (Å²) in [6.07, 6.45) is 0.620. The van der Waals surface area contributed by atoms with Crippen molar-refractivity contribution in [1.29, 1.82) is 0 Å². The van der Waals surface area contributed by atoms with Gasteiger partial charge in [0.05, 0.1) is 91.9 Å². The number of ether oxygens (including phenoxy) is 7. The van der Waals surface area contributed by atoms with Crippen LogP contribution in [0.3, 0.4) is 0 Å². The maximum atomic E-state index is 11.4. The van der Waals surface area contributed by atoms with Crippen molar-refractivity contribution >= 4 is 5.91 Å². The first-order valence-corrected chi connectivity index (χ1v) is 10.2. The van der Waals surface area contributed by atoms with Gasteiger partial charge >= 0.3 is 0 Å². The molecule has 0 aromatic rings. The molecule has 0 unspecified atom stereocenters. The Hall–Kier alpha value is -0.850. The molecule has 10 heteroatoms. The van der Waals surface area contributed by atoms with E-state index in [1.54, 1.807) is 7.11 Å². The molecule has 0 aromatic carbocycles. The van der Waals surface area contributed by atoms with Gasteiger partial charge in [0.25, 0.3) is 0 Å². The quantitative estimate of drug-likeness (QED) is 0.211. The Bertz CT molecular complexity index is 350.